The Labute approximate surface area is 138 Å². The number of carbonyl (C=O) groups is 2. The number of rotatable bonds is 9. The van der Waals surface area contributed by atoms with Gasteiger partial charge in [-0.2, -0.15) is 0 Å². The first-order valence-corrected chi connectivity index (χ1v) is 8.03. The van der Waals surface area contributed by atoms with Crippen molar-refractivity contribution in [3.63, 3.8) is 0 Å². The van der Waals surface area contributed by atoms with E-state index in [1.807, 2.05) is 45.0 Å². The van der Waals surface area contributed by atoms with E-state index in [1.54, 1.807) is 7.11 Å². The highest BCUT2D eigenvalue weighted by Crippen LogP contribution is 2.25. The summed E-state index contributed by atoms with van der Waals surface area (Å²) in [6, 6.07) is 6.81. The smallest absolute Gasteiger partial charge is 0.326 e. The molecule has 5 nitrogen and oxygen atoms in total. The van der Waals surface area contributed by atoms with Crippen molar-refractivity contribution in [2.45, 2.75) is 52.0 Å². The number of carbonyl (C=O) groups excluding carboxylic acids is 1. The van der Waals surface area contributed by atoms with E-state index in [0.29, 0.717) is 6.42 Å². The average molecular weight is 321 g/mol. The van der Waals surface area contributed by atoms with Crippen molar-refractivity contribution in [3.05, 3.63) is 29.8 Å². The number of ether oxygens (including phenoxy) is 1. The van der Waals surface area contributed by atoms with Gasteiger partial charge in [0.1, 0.15) is 11.8 Å². The van der Waals surface area contributed by atoms with Gasteiger partial charge in [-0.3, -0.25) is 4.79 Å². The number of carboxylic acid groups (broad SMARTS) is 1. The molecule has 0 aromatic heterocycles. The number of nitrogens with one attached hydrogen (secondary N) is 1. The van der Waals surface area contributed by atoms with Crippen LogP contribution in [-0.4, -0.2) is 30.1 Å². The normalized spacial score (nSPS) is 13.4. The van der Waals surface area contributed by atoms with Crippen LogP contribution in [0.3, 0.4) is 0 Å². The summed E-state index contributed by atoms with van der Waals surface area (Å²) in [5.74, 6) is -0.157. The Hall–Kier alpha value is -2.04. The summed E-state index contributed by atoms with van der Waals surface area (Å²) >= 11 is 0. The summed E-state index contributed by atoms with van der Waals surface area (Å²) < 4.78 is 5.14. The molecule has 1 aromatic carbocycles. The Morgan fingerprint density at radius 2 is 1.83 bits per heavy atom. The van der Waals surface area contributed by atoms with Crippen molar-refractivity contribution >= 4 is 11.9 Å². The Balaban J connectivity index is 2.69. The highest BCUT2D eigenvalue weighted by Gasteiger charge is 2.23. The summed E-state index contributed by atoms with van der Waals surface area (Å²) in [7, 11) is 1.61. The molecule has 0 saturated heterocycles. The van der Waals surface area contributed by atoms with Gasteiger partial charge >= 0.3 is 5.97 Å². The van der Waals surface area contributed by atoms with Crippen LogP contribution in [-0.2, 0) is 9.59 Å². The van der Waals surface area contributed by atoms with Crippen molar-refractivity contribution in [1.82, 2.24) is 5.32 Å². The molecule has 0 saturated carbocycles. The van der Waals surface area contributed by atoms with Gasteiger partial charge in [-0.15, -0.1) is 0 Å². The molecule has 0 aliphatic heterocycles. The van der Waals surface area contributed by atoms with Crippen LogP contribution in [0, 0.1) is 5.92 Å². The molecule has 1 amide bonds. The third-order valence-corrected chi connectivity index (χ3v) is 3.85. The second-order valence-corrected chi connectivity index (χ2v) is 6.17. The Bertz CT molecular complexity index is 510. The van der Waals surface area contributed by atoms with Gasteiger partial charge in [0.15, 0.2) is 0 Å². The minimum Gasteiger partial charge on any atom is -0.497 e. The first kappa shape index (κ1) is 19.0. The van der Waals surface area contributed by atoms with Gasteiger partial charge in [0, 0.05) is 6.42 Å². The minimum atomic E-state index is -0.982. The zero-order chi connectivity index (χ0) is 17.4. The van der Waals surface area contributed by atoms with Gasteiger partial charge in [0.2, 0.25) is 5.91 Å². The molecule has 0 bridgehead atoms. The van der Waals surface area contributed by atoms with Gasteiger partial charge in [-0.05, 0) is 42.4 Å². The molecule has 1 unspecified atom stereocenters. The largest absolute Gasteiger partial charge is 0.497 e. The van der Waals surface area contributed by atoms with Crippen LogP contribution in [0.15, 0.2) is 24.3 Å². The molecule has 0 aliphatic carbocycles. The van der Waals surface area contributed by atoms with Crippen LogP contribution in [0.25, 0.3) is 0 Å². The summed E-state index contributed by atoms with van der Waals surface area (Å²) in [5, 5.41) is 11.9. The predicted molar refractivity (Wildman–Crippen MR) is 89.7 cm³/mol. The standard InChI is InChI=1S/C18H27NO4/c1-5-13(14-6-8-15(23-4)9-7-14)11-17(20)19-16(18(21)22)10-12(2)3/h6-9,12-13,16H,5,10-11H2,1-4H3,(H,19,20)(H,21,22)/t13?,16-/m1/s1. The molecular formula is C18H27NO4. The van der Waals surface area contributed by atoms with Crippen LogP contribution in [0.4, 0.5) is 0 Å². The quantitative estimate of drug-likeness (QED) is 0.732. The number of aliphatic carboxylic acids is 1. The predicted octanol–water partition coefficient (Wildman–Crippen LogP) is 3.19. The van der Waals surface area contributed by atoms with Crippen molar-refractivity contribution < 1.29 is 19.4 Å². The highest BCUT2D eigenvalue weighted by molar-refractivity contribution is 5.83. The van der Waals surface area contributed by atoms with Gasteiger partial charge in [-0.1, -0.05) is 32.9 Å². The van der Waals surface area contributed by atoms with E-state index in [9.17, 15) is 14.7 Å². The Morgan fingerprint density at radius 1 is 1.22 bits per heavy atom. The summed E-state index contributed by atoms with van der Waals surface area (Å²) in [4.78, 5) is 23.4. The van der Waals surface area contributed by atoms with Crippen molar-refractivity contribution in [2.75, 3.05) is 7.11 Å². The Kier molecular flexibility index (Phi) is 7.59. The second-order valence-electron chi connectivity index (χ2n) is 6.17. The van der Waals surface area contributed by atoms with Crippen LogP contribution in [0.5, 0.6) is 5.75 Å². The zero-order valence-corrected chi connectivity index (χ0v) is 14.3. The molecular weight excluding hydrogens is 294 g/mol. The lowest BCUT2D eigenvalue weighted by molar-refractivity contribution is -0.142. The highest BCUT2D eigenvalue weighted by atomic mass is 16.5. The number of hydrogen-bond acceptors (Lipinski definition) is 3. The zero-order valence-electron chi connectivity index (χ0n) is 14.3. The van der Waals surface area contributed by atoms with E-state index in [2.05, 4.69) is 5.32 Å². The molecule has 0 fully saturated rings. The molecule has 0 radical (unpaired) electrons. The van der Waals surface area contributed by atoms with Gasteiger partial charge in [0.05, 0.1) is 7.11 Å². The van der Waals surface area contributed by atoms with E-state index in [0.717, 1.165) is 17.7 Å². The van der Waals surface area contributed by atoms with E-state index in [-0.39, 0.29) is 24.2 Å². The second kappa shape index (κ2) is 9.18. The van der Waals surface area contributed by atoms with Crippen molar-refractivity contribution in [1.29, 1.82) is 0 Å². The molecule has 128 valence electrons. The lowest BCUT2D eigenvalue weighted by atomic mass is 9.92. The van der Waals surface area contributed by atoms with Crippen LogP contribution >= 0.6 is 0 Å². The van der Waals surface area contributed by atoms with Gasteiger partial charge < -0.3 is 15.2 Å². The third-order valence-electron chi connectivity index (χ3n) is 3.85. The fraction of sp³-hybridized carbons (Fsp3) is 0.556. The lowest BCUT2D eigenvalue weighted by Gasteiger charge is -2.19. The first-order valence-electron chi connectivity index (χ1n) is 8.03. The summed E-state index contributed by atoms with van der Waals surface area (Å²) in [6.07, 6.45) is 1.52. The van der Waals surface area contributed by atoms with Crippen molar-refractivity contribution in [2.24, 2.45) is 5.92 Å². The molecule has 0 aliphatic rings. The maximum Gasteiger partial charge on any atom is 0.326 e. The fourth-order valence-corrected chi connectivity index (χ4v) is 2.54. The summed E-state index contributed by atoms with van der Waals surface area (Å²) in [6.45, 7) is 5.90. The maximum absolute atomic E-state index is 12.2. The topological polar surface area (TPSA) is 75.6 Å². The minimum absolute atomic E-state index is 0.0643. The average Bonchev–Trinajstić information content (AvgIpc) is 2.51. The molecule has 0 heterocycles. The van der Waals surface area contributed by atoms with E-state index in [4.69, 9.17) is 4.74 Å². The van der Waals surface area contributed by atoms with E-state index < -0.39 is 12.0 Å². The number of carboxylic acids is 1. The maximum atomic E-state index is 12.2. The monoisotopic (exact) mass is 321 g/mol. The Morgan fingerprint density at radius 3 is 2.26 bits per heavy atom. The van der Waals surface area contributed by atoms with Crippen LogP contribution in [0.1, 0.15) is 51.5 Å². The lowest BCUT2D eigenvalue weighted by Crippen LogP contribution is -2.42. The molecule has 5 heteroatoms. The van der Waals surface area contributed by atoms with Crippen LogP contribution < -0.4 is 10.1 Å². The molecule has 2 N–H and O–H groups in total. The number of hydrogen-bond donors (Lipinski definition) is 2. The van der Waals surface area contributed by atoms with E-state index >= 15 is 0 Å². The van der Waals surface area contributed by atoms with Gasteiger partial charge in [0.25, 0.3) is 0 Å². The molecule has 2 atom stereocenters. The fourth-order valence-electron chi connectivity index (χ4n) is 2.54. The number of methoxy groups -OCH3 is 1. The van der Waals surface area contributed by atoms with E-state index in [1.165, 1.54) is 0 Å². The van der Waals surface area contributed by atoms with Crippen molar-refractivity contribution in [3.8, 4) is 5.75 Å². The van der Waals surface area contributed by atoms with Crippen LogP contribution in [0.2, 0.25) is 0 Å². The molecule has 23 heavy (non-hydrogen) atoms. The SMILES string of the molecule is CCC(CC(=O)N[C@H](CC(C)C)C(=O)O)c1ccc(OC)cc1. The number of benzene rings is 1. The summed E-state index contributed by atoms with van der Waals surface area (Å²) in [5.41, 5.74) is 1.05. The molecule has 1 rings (SSSR count). The molecule has 1 aromatic rings. The molecule has 0 spiro atoms. The third kappa shape index (κ3) is 6.30. The number of amides is 1. The first-order chi connectivity index (χ1) is 10.9. The van der Waals surface area contributed by atoms with Gasteiger partial charge in [-0.25, -0.2) is 4.79 Å².